The molecule has 0 aliphatic carbocycles. The monoisotopic (exact) mass is 466 g/mol. The fourth-order valence-corrected chi connectivity index (χ4v) is 3.67. The average molecular weight is 468 g/mol. The first-order chi connectivity index (χ1) is 13.0. The van der Waals surface area contributed by atoms with Gasteiger partial charge in [-0.3, -0.25) is 9.59 Å². The normalized spacial score (nSPS) is 18.3. The first-order valence-electron chi connectivity index (χ1n) is 9.44. The highest BCUT2D eigenvalue weighted by atomic mass is 35.5. The number of carbonyl (C=O) groups excluding carboxylic acids is 2. The zero-order valence-corrected chi connectivity index (χ0v) is 18.6. The van der Waals surface area contributed by atoms with Crippen molar-refractivity contribution in [1.82, 2.24) is 10.2 Å². The maximum atomic E-state index is 12.4. The molecule has 3 rings (SSSR count). The first-order valence-corrected chi connectivity index (χ1v) is 9.81. The number of rotatable bonds is 5. The van der Waals surface area contributed by atoms with E-state index < -0.39 is 6.04 Å². The van der Waals surface area contributed by atoms with Gasteiger partial charge in [0.25, 0.3) is 0 Å². The van der Waals surface area contributed by atoms with Crippen molar-refractivity contribution in [1.29, 1.82) is 0 Å². The van der Waals surface area contributed by atoms with Crippen molar-refractivity contribution in [3.05, 3.63) is 29.3 Å². The maximum absolute atomic E-state index is 12.4. The fraction of sp³-hybridized carbons (Fsp3) is 0.579. The number of nitrogens with one attached hydrogen (secondary N) is 1. The number of hydrogen-bond acceptors (Lipinski definition) is 5. The molecule has 10 heteroatoms. The Morgan fingerprint density at radius 1 is 1.10 bits per heavy atom. The second-order valence-electron chi connectivity index (χ2n) is 7.04. The van der Waals surface area contributed by atoms with E-state index in [9.17, 15) is 9.59 Å². The van der Waals surface area contributed by atoms with Gasteiger partial charge < -0.3 is 25.6 Å². The lowest BCUT2D eigenvalue weighted by molar-refractivity contribution is -0.133. The molecule has 7 nitrogen and oxygen atoms in total. The molecule has 1 atom stereocenters. The summed E-state index contributed by atoms with van der Waals surface area (Å²) in [5.74, 6) is -0.204. The van der Waals surface area contributed by atoms with Crippen molar-refractivity contribution in [2.45, 2.75) is 18.9 Å². The van der Waals surface area contributed by atoms with Crippen molar-refractivity contribution in [3.63, 3.8) is 0 Å². The number of ether oxygens (including phenoxy) is 1. The lowest BCUT2D eigenvalue weighted by atomic mass is 9.92. The third kappa shape index (κ3) is 7.19. The van der Waals surface area contributed by atoms with E-state index >= 15 is 0 Å². The molecular weight excluding hydrogens is 439 g/mol. The molecule has 1 aromatic rings. The van der Waals surface area contributed by atoms with Gasteiger partial charge in [0.1, 0.15) is 0 Å². The number of anilines is 1. The molecule has 0 saturated carbocycles. The van der Waals surface area contributed by atoms with Gasteiger partial charge in [0.05, 0.1) is 12.6 Å². The zero-order chi connectivity index (χ0) is 19.2. The molecule has 164 valence electrons. The smallest absolute Gasteiger partial charge is 0.242 e. The van der Waals surface area contributed by atoms with Gasteiger partial charge in [-0.2, -0.15) is 0 Å². The number of benzene rings is 1. The Balaban J connectivity index is 0.00000210. The Morgan fingerprint density at radius 3 is 2.28 bits per heavy atom. The molecule has 2 fully saturated rings. The molecule has 2 saturated heterocycles. The van der Waals surface area contributed by atoms with Crippen LogP contribution in [0.1, 0.15) is 12.8 Å². The number of nitrogens with two attached hydrogens (primary N) is 1. The van der Waals surface area contributed by atoms with Crippen molar-refractivity contribution in [2.75, 3.05) is 50.8 Å². The van der Waals surface area contributed by atoms with Crippen molar-refractivity contribution in [2.24, 2.45) is 11.7 Å². The molecule has 1 aromatic carbocycles. The van der Waals surface area contributed by atoms with E-state index in [2.05, 4.69) is 10.2 Å². The molecule has 2 aliphatic rings. The second-order valence-corrected chi connectivity index (χ2v) is 7.47. The predicted molar refractivity (Wildman–Crippen MR) is 119 cm³/mol. The largest absolute Gasteiger partial charge is 0.381 e. The van der Waals surface area contributed by atoms with Gasteiger partial charge in [0.2, 0.25) is 11.8 Å². The summed E-state index contributed by atoms with van der Waals surface area (Å²) in [5, 5.41) is 3.41. The number of halogens is 3. The van der Waals surface area contributed by atoms with E-state index in [0.29, 0.717) is 31.3 Å². The van der Waals surface area contributed by atoms with Gasteiger partial charge in [-0.15, -0.1) is 24.8 Å². The Hall–Kier alpha value is -1.25. The fourth-order valence-electron chi connectivity index (χ4n) is 3.55. The molecular formula is C19H29Cl3N4O3. The van der Waals surface area contributed by atoms with Gasteiger partial charge in [-0.1, -0.05) is 11.6 Å². The van der Waals surface area contributed by atoms with Gasteiger partial charge in [0, 0.05) is 50.1 Å². The van der Waals surface area contributed by atoms with E-state index in [1.165, 1.54) is 0 Å². The van der Waals surface area contributed by atoms with Crippen LogP contribution in [0.25, 0.3) is 0 Å². The summed E-state index contributed by atoms with van der Waals surface area (Å²) in [7, 11) is 0. The Morgan fingerprint density at radius 2 is 1.69 bits per heavy atom. The summed E-state index contributed by atoms with van der Waals surface area (Å²) >= 11 is 5.93. The Bertz CT molecular complexity index is 649. The van der Waals surface area contributed by atoms with Gasteiger partial charge in [-0.25, -0.2) is 0 Å². The second kappa shape index (κ2) is 12.4. The molecule has 2 aliphatic heterocycles. The molecule has 2 heterocycles. The Kier molecular flexibility index (Phi) is 11.1. The lowest BCUT2D eigenvalue weighted by Crippen LogP contribution is -2.53. The minimum absolute atomic E-state index is 0. The summed E-state index contributed by atoms with van der Waals surface area (Å²) in [5.41, 5.74) is 7.14. The van der Waals surface area contributed by atoms with E-state index in [-0.39, 0.29) is 49.1 Å². The topological polar surface area (TPSA) is 87.9 Å². The molecule has 0 aromatic heterocycles. The van der Waals surface area contributed by atoms with Crippen LogP contribution in [-0.2, 0) is 14.3 Å². The van der Waals surface area contributed by atoms with E-state index in [1.807, 2.05) is 24.3 Å². The molecule has 2 amide bonds. The van der Waals surface area contributed by atoms with Crippen molar-refractivity contribution in [3.8, 4) is 0 Å². The van der Waals surface area contributed by atoms with Crippen molar-refractivity contribution >= 4 is 53.9 Å². The molecule has 0 bridgehead atoms. The maximum Gasteiger partial charge on any atom is 0.242 e. The molecule has 29 heavy (non-hydrogen) atoms. The van der Waals surface area contributed by atoms with Crippen LogP contribution in [0.5, 0.6) is 0 Å². The number of hydrogen-bond donors (Lipinski definition) is 2. The van der Waals surface area contributed by atoms with Crippen LogP contribution in [0, 0.1) is 5.92 Å². The average Bonchev–Trinajstić information content (AvgIpc) is 2.72. The van der Waals surface area contributed by atoms with Crippen molar-refractivity contribution < 1.29 is 14.3 Å². The first kappa shape index (κ1) is 25.8. The van der Waals surface area contributed by atoms with Gasteiger partial charge in [-0.05, 0) is 43.0 Å². The standard InChI is InChI=1S/C19H27ClN4O3.2ClH/c20-15-1-3-16(4-2-15)23-7-9-24(10-8-23)17(25)13-22-19(26)18(21)14-5-11-27-12-6-14;;/h1-4,14,18H,5-13,21H2,(H,22,26);2*1H. The number of carbonyl (C=O) groups is 2. The number of nitrogens with zero attached hydrogens (tertiary/aromatic N) is 2. The quantitative estimate of drug-likeness (QED) is 0.688. The summed E-state index contributed by atoms with van der Waals surface area (Å²) < 4.78 is 5.30. The van der Waals surface area contributed by atoms with E-state index in [0.717, 1.165) is 31.6 Å². The molecule has 0 spiro atoms. The minimum Gasteiger partial charge on any atom is -0.381 e. The van der Waals surface area contributed by atoms with Crippen LogP contribution < -0.4 is 16.0 Å². The Labute approximate surface area is 189 Å². The third-order valence-corrected chi connectivity index (χ3v) is 5.57. The van der Waals surface area contributed by atoms with Gasteiger partial charge >= 0.3 is 0 Å². The number of piperazine rings is 1. The summed E-state index contributed by atoms with van der Waals surface area (Å²) in [4.78, 5) is 28.6. The highest BCUT2D eigenvalue weighted by Crippen LogP contribution is 2.20. The van der Waals surface area contributed by atoms with E-state index in [1.54, 1.807) is 4.90 Å². The third-order valence-electron chi connectivity index (χ3n) is 5.31. The van der Waals surface area contributed by atoms with Gasteiger partial charge in [0.15, 0.2) is 0 Å². The SMILES string of the molecule is Cl.Cl.NC(C(=O)NCC(=O)N1CCN(c2ccc(Cl)cc2)CC1)C1CCOCC1. The van der Waals surface area contributed by atoms with Crippen LogP contribution in [-0.4, -0.2) is 68.7 Å². The molecule has 1 unspecified atom stereocenters. The van der Waals surface area contributed by atoms with E-state index in [4.69, 9.17) is 22.1 Å². The van der Waals surface area contributed by atoms with Crippen LogP contribution in [0.4, 0.5) is 5.69 Å². The lowest BCUT2D eigenvalue weighted by Gasteiger charge is -2.36. The highest BCUT2D eigenvalue weighted by Gasteiger charge is 2.27. The minimum atomic E-state index is -0.580. The summed E-state index contributed by atoms with van der Waals surface area (Å²) in [6.45, 7) is 4.04. The summed E-state index contributed by atoms with van der Waals surface area (Å²) in [6, 6.07) is 7.12. The van der Waals surface area contributed by atoms with Crippen LogP contribution >= 0.6 is 36.4 Å². The van der Waals surface area contributed by atoms with Crippen LogP contribution in [0.2, 0.25) is 5.02 Å². The zero-order valence-electron chi connectivity index (χ0n) is 16.2. The number of amides is 2. The summed E-state index contributed by atoms with van der Waals surface area (Å²) in [6.07, 6.45) is 1.57. The van der Waals surface area contributed by atoms with Crippen LogP contribution in [0.3, 0.4) is 0 Å². The molecule has 0 radical (unpaired) electrons. The highest BCUT2D eigenvalue weighted by molar-refractivity contribution is 6.30. The molecule has 3 N–H and O–H groups in total. The predicted octanol–water partition coefficient (Wildman–Crippen LogP) is 1.70. The van der Waals surface area contributed by atoms with Crippen LogP contribution in [0.15, 0.2) is 24.3 Å².